The first-order valence-corrected chi connectivity index (χ1v) is 11.5. The Kier molecular flexibility index (Phi) is 7.37. The largest absolute Gasteiger partial charge is 0.271 e. The lowest BCUT2D eigenvalue weighted by Gasteiger charge is -2.24. The zero-order valence-corrected chi connectivity index (χ0v) is 18.6. The van der Waals surface area contributed by atoms with E-state index in [4.69, 9.17) is 0 Å². The van der Waals surface area contributed by atoms with Crippen LogP contribution in [0.3, 0.4) is 0 Å². The normalized spacial score (nSPS) is 11.8. The fourth-order valence-corrected chi connectivity index (χ4v) is 4.44. The van der Waals surface area contributed by atoms with Gasteiger partial charge < -0.3 is 0 Å². The van der Waals surface area contributed by atoms with Gasteiger partial charge in [-0.2, -0.15) is 5.10 Å². The summed E-state index contributed by atoms with van der Waals surface area (Å²) in [6, 6.07) is 20.6. The summed E-state index contributed by atoms with van der Waals surface area (Å²) in [5, 5.41) is 4.03. The Hall–Kier alpha value is -3.52. The van der Waals surface area contributed by atoms with Crippen molar-refractivity contribution in [3.05, 3.63) is 95.8 Å². The fourth-order valence-electron chi connectivity index (χ4n) is 3.00. The molecule has 0 bridgehead atoms. The van der Waals surface area contributed by atoms with Crippen molar-refractivity contribution >= 4 is 27.3 Å². The summed E-state index contributed by atoms with van der Waals surface area (Å²) in [6.07, 6.45) is 0.809. The Labute approximate surface area is 187 Å². The highest BCUT2D eigenvalue weighted by atomic mass is 32.2. The molecule has 1 amide bonds. The van der Waals surface area contributed by atoms with Crippen molar-refractivity contribution in [2.75, 3.05) is 10.8 Å². The summed E-state index contributed by atoms with van der Waals surface area (Å²) in [5.41, 5.74) is 4.91. The SMILES string of the molecule is CCc1ccc(N(CC(=O)N/N=C(/C)c2ccc(F)cc2)S(=O)(=O)c2ccccc2)cc1. The van der Waals surface area contributed by atoms with E-state index in [2.05, 4.69) is 10.5 Å². The molecule has 166 valence electrons. The van der Waals surface area contributed by atoms with Crippen molar-refractivity contribution in [1.82, 2.24) is 5.43 Å². The number of carbonyl (C=O) groups excluding carboxylic acids is 1. The number of nitrogens with zero attached hydrogens (tertiary/aromatic N) is 2. The highest BCUT2D eigenvalue weighted by Gasteiger charge is 2.27. The topological polar surface area (TPSA) is 78.8 Å². The number of carbonyl (C=O) groups is 1. The molecule has 0 aliphatic rings. The van der Waals surface area contributed by atoms with Crippen LogP contribution in [0.2, 0.25) is 0 Å². The van der Waals surface area contributed by atoms with Gasteiger partial charge >= 0.3 is 0 Å². The Morgan fingerprint density at radius 3 is 2.19 bits per heavy atom. The first-order valence-electron chi connectivity index (χ1n) is 10.1. The van der Waals surface area contributed by atoms with E-state index in [0.29, 0.717) is 17.0 Å². The van der Waals surface area contributed by atoms with Crippen LogP contribution in [0.25, 0.3) is 0 Å². The van der Waals surface area contributed by atoms with Gasteiger partial charge in [0.2, 0.25) is 0 Å². The zero-order chi connectivity index (χ0) is 23.1. The van der Waals surface area contributed by atoms with Crippen molar-refractivity contribution in [1.29, 1.82) is 0 Å². The predicted octanol–water partition coefficient (Wildman–Crippen LogP) is 4.12. The Balaban J connectivity index is 1.85. The molecule has 32 heavy (non-hydrogen) atoms. The minimum atomic E-state index is -3.98. The minimum Gasteiger partial charge on any atom is -0.271 e. The Bertz CT molecular complexity index is 1190. The number of sulfonamides is 1. The smallest absolute Gasteiger partial charge is 0.264 e. The first kappa shape index (κ1) is 23.1. The highest BCUT2D eigenvalue weighted by Crippen LogP contribution is 2.24. The van der Waals surface area contributed by atoms with Gasteiger partial charge in [0.25, 0.3) is 15.9 Å². The van der Waals surface area contributed by atoms with Crippen molar-refractivity contribution < 1.29 is 17.6 Å². The molecule has 3 aromatic rings. The van der Waals surface area contributed by atoms with Crippen LogP contribution in [0.4, 0.5) is 10.1 Å². The molecule has 0 aliphatic carbocycles. The van der Waals surface area contributed by atoms with E-state index < -0.39 is 22.5 Å². The van der Waals surface area contributed by atoms with Crippen molar-refractivity contribution in [3.63, 3.8) is 0 Å². The summed E-state index contributed by atoms with van der Waals surface area (Å²) in [6.45, 7) is 3.21. The van der Waals surface area contributed by atoms with Gasteiger partial charge in [-0.25, -0.2) is 18.2 Å². The lowest BCUT2D eigenvalue weighted by Crippen LogP contribution is -2.39. The minimum absolute atomic E-state index is 0.0818. The van der Waals surface area contributed by atoms with E-state index in [1.165, 1.54) is 24.3 Å². The maximum Gasteiger partial charge on any atom is 0.264 e. The molecular weight excluding hydrogens is 429 g/mol. The molecule has 8 heteroatoms. The van der Waals surface area contributed by atoms with Gasteiger partial charge in [0.1, 0.15) is 12.4 Å². The quantitative estimate of drug-likeness (QED) is 0.412. The summed E-state index contributed by atoms with van der Waals surface area (Å²) >= 11 is 0. The van der Waals surface area contributed by atoms with E-state index in [1.54, 1.807) is 49.4 Å². The molecule has 0 radical (unpaired) electrons. The molecule has 0 unspecified atom stereocenters. The number of rotatable bonds is 8. The second-order valence-corrected chi connectivity index (χ2v) is 8.95. The van der Waals surface area contributed by atoms with Crippen LogP contribution in [-0.2, 0) is 21.2 Å². The number of nitrogens with one attached hydrogen (secondary N) is 1. The zero-order valence-electron chi connectivity index (χ0n) is 17.8. The van der Waals surface area contributed by atoms with Crippen LogP contribution in [0.1, 0.15) is 25.0 Å². The van der Waals surface area contributed by atoms with Crippen LogP contribution in [0.5, 0.6) is 0 Å². The number of amides is 1. The van der Waals surface area contributed by atoms with Gasteiger partial charge in [0.05, 0.1) is 16.3 Å². The lowest BCUT2D eigenvalue weighted by molar-refractivity contribution is -0.119. The van der Waals surface area contributed by atoms with E-state index in [9.17, 15) is 17.6 Å². The van der Waals surface area contributed by atoms with Gasteiger partial charge in [-0.15, -0.1) is 0 Å². The third kappa shape index (κ3) is 5.59. The molecule has 0 saturated carbocycles. The average Bonchev–Trinajstić information content (AvgIpc) is 2.82. The van der Waals surface area contributed by atoms with Gasteiger partial charge in [-0.05, 0) is 60.9 Å². The average molecular weight is 454 g/mol. The predicted molar refractivity (Wildman–Crippen MR) is 124 cm³/mol. The van der Waals surface area contributed by atoms with E-state index in [-0.39, 0.29) is 10.7 Å². The van der Waals surface area contributed by atoms with Crippen LogP contribution in [-0.4, -0.2) is 26.6 Å². The Morgan fingerprint density at radius 2 is 1.59 bits per heavy atom. The van der Waals surface area contributed by atoms with Crippen LogP contribution >= 0.6 is 0 Å². The molecule has 0 atom stereocenters. The maximum absolute atomic E-state index is 13.3. The third-order valence-corrected chi connectivity index (χ3v) is 6.65. The van der Waals surface area contributed by atoms with Crippen LogP contribution in [0, 0.1) is 5.82 Å². The second-order valence-electron chi connectivity index (χ2n) is 7.08. The molecule has 3 rings (SSSR count). The summed E-state index contributed by atoms with van der Waals surface area (Å²) < 4.78 is 40.7. The number of benzene rings is 3. The standard InChI is InChI=1S/C24H24FN3O3S/c1-3-19-9-15-22(16-10-19)28(32(30,31)23-7-5-4-6-8-23)17-24(29)27-26-18(2)20-11-13-21(25)14-12-20/h4-16H,3,17H2,1-2H3,(H,27,29)/b26-18-. The molecule has 0 aromatic heterocycles. The molecule has 3 aromatic carbocycles. The number of aryl methyl sites for hydroxylation is 1. The van der Waals surface area contributed by atoms with E-state index >= 15 is 0 Å². The van der Waals surface area contributed by atoms with Crippen molar-refractivity contribution in [2.24, 2.45) is 5.10 Å². The van der Waals surface area contributed by atoms with Gasteiger partial charge in [-0.1, -0.05) is 49.4 Å². The number of hydrazone groups is 1. The number of anilines is 1. The molecule has 6 nitrogen and oxygen atoms in total. The van der Waals surface area contributed by atoms with E-state index in [0.717, 1.165) is 16.3 Å². The molecule has 0 spiro atoms. The highest BCUT2D eigenvalue weighted by molar-refractivity contribution is 7.92. The van der Waals surface area contributed by atoms with Crippen molar-refractivity contribution in [3.8, 4) is 0 Å². The van der Waals surface area contributed by atoms with Gasteiger partial charge in [0, 0.05) is 0 Å². The maximum atomic E-state index is 13.3. The number of halogens is 1. The van der Waals surface area contributed by atoms with Gasteiger partial charge in [0.15, 0.2) is 0 Å². The molecule has 0 heterocycles. The summed E-state index contributed by atoms with van der Waals surface area (Å²) in [4.78, 5) is 12.7. The first-order chi connectivity index (χ1) is 15.3. The van der Waals surface area contributed by atoms with Crippen LogP contribution in [0.15, 0.2) is 88.9 Å². The summed E-state index contributed by atoms with van der Waals surface area (Å²) in [5.74, 6) is -0.980. The molecule has 0 saturated heterocycles. The number of hydrogen-bond donors (Lipinski definition) is 1. The lowest BCUT2D eigenvalue weighted by atomic mass is 10.1. The molecule has 0 aliphatic heterocycles. The molecular formula is C24H24FN3O3S. The van der Waals surface area contributed by atoms with E-state index in [1.807, 2.05) is 19.1 Å². The number of hydrogen-bond acceptors (Lipinski definition) is 4. The Morgan fingerprint density at radius 1 is 0.969 bits per heavy atom. The van der Waals surface area contributed by atoms with Gasteiger partial charge in [-0.3, -0.25) is 9.10 Å². The summed E-state index contributed by atoms with van der Waals surface area (Å²) in [7, 11) is -3.98. The third-order valence-electron chi connectivity index (χ3n) is 4.86. The molecule has 1 N–H and O–H groups in total. The fraction of sp³-hybridized carbons (Fsp3) is 0.167. The monoisotopic (exact) mass is 453 g/mol. The molecule has 0 fully saturated rings. The van der Waals surface area contributed by atoms with Crippen molar-refractivity contribution in [2.45, 2.75) is 25.2 Å². The second kappa shape index (κ2) is 10.2. The van der Waals surface area contributed by atoms with Crippen LogP contribution < -0.4 is 9.73 Å².